The van der Waals surface area contributed by atoms with Gasteiger partial charge in [-0.3, -0.25) is 9.59 Å². The van der Waals surface area contributed by atoms with Gasteiger partial charge in [-0.15, -0.1) is 0 Å². The predicted octanol–water partition coefficient (Wildman–Crippen LogP) is 3.07. The summed E-state index contributed by atoms with van der Waals surface area (Å²) in [6.45, 7) is 4.89. The molecule has 30 heavy (non-hydrogen) atoms. The largest absolute Gasteiger partial charge is 0.478 e. The van der Waals surface area contributed by atoms with E-state index in [-0.39, 0.29) is 24.1 Å². The summed E-state index contributed by atoms with van der Waals surface area (Å²) in [7, 11) is 0. The normalized spacial score (nSPS) is 18.8. The molecule has 2 aliphatic heterocycles. The molecule has 2 aromatic rings. The van der Waals surface area contributed by atoms with Crippen LogP contribution in [-0.2, 0) is 9.59 Å². The van der Waals surface area contributed by atoms with Crippen LogP contribution in [0.5, 0.6) is 5.75 Å². The number of para-hydroxylation sites is 2. The maximum Gasteiger partial charge on any atom is 0.268 e. The Balaban J connectivity index is 1.35. The van der Waals surface area contributed by atoms with Crippen LogP contribution >= 0.6 is 0 Å². The third-order valence-corrected chi connectivity index (χ3v) is 5.71. The fraction of sp³-hybridized carbons (Fsp3) is 0.391. The number of nitrogens with zero attached hydrogens (tertiary/aromatic N) is 3. The molecule has 158 valence electrons. The van der Waals surface area contributed by atoms with Crippen LogP contribution in [-0.4, -0.2) is 55.5 Å². The Morgan fingerprint density at radius 1 is 1.07 bits per heavy atom. The van der Waals surface area contributed by atoms with Gasteiger partial charge in [-0.1, -0.05) is 19.1 Å². The SMILES string of the molecule is CCC1Oc2ccccc2N(CCC(=O)N2CCN(c3ccc(F)cc3)CC2)C1=O. The van der Waals surface area contributed by atoms with E-state index in [1.807, 2.05) is 36.1 Å². The fourth-order valence-corrected chi connectivity index (χ4v) is 4.00. The number of ether oxygens (including phenoxy) is 1. The van der Waals surface area contributed by atoms with Gasteiger partial charge in [0.05, 0.1) is 5.69 Å². The van der Waals surface area contributed by atoms with Crippen molar-refractivity contribution in [2.45, 2.75) is 25.9 Å². The topological polar surface area (TPSA) is 53.1 Å². The second kappa shape index (κ2) is 8.73. The van der Waals surface area contributed by atoms with Crippen LogP contribution in [0, 0.1) is 5.82 Å². The van der Waals surface area contributed by atoms with E-state index in [4.69, 9.17) is 4.74 Å². The van der Waals surface area contributed by atoms with E-state index in [1.54, 1.807) is 17.0 Å². The first-order chi connectivity index (χ1) is 14.6. The van der Waals surface area contributed by atoms with Crippen molar-refractivity contribution in [2.75, 3.05) is 42.5 Å². The number of hydrogen-bond acceptors (Lipinski definition) is 4. The number of anilines is 2. The Morgan fingerprint density at radius 2 is 1.77 bits per heavy atom. The molecule has 4 rings (SSSR count). The molecule has 7 heteroatoms. The number of fused-ring (bicyclic) bond motifs is 1. The summed E-state index contributed by atoms with van der Waals surface area (Å²) in [5.41, 5.74) is 1.69. The second-order valence-corrected chi connectivity index (χ2v) is 7.57. The van der Waals surface area contributed by atoms with Gasteiger partial charge in [0.2, 0.25) is 5.91 Å². The zero-order valence-electron chi connectivity index (χ0n) is 17.1. The van der Waals surface area contributed by atoms with Crippen molar-refractivity contribution in [1.82, 2.24) is 4.90 Å². The first kappa shape index (κ1) is 20.2. The Morgan fingerprint density at radius 3 is 2.47 bits per heavy atom. The molecule has 2 amide bonds. The highest BCUT2D eigenvalue weighted by Crippen LogP contribution is 2.34. The van der Waals surface area contributed by atoms with Crippen molar-refractivity contribution in [3.05, 3.63) is 54.3 Å². The molecule has 0 aliphatic carbocycles. The minimum atomic E-state index is -0.505. The highest BCUT2D eigenvalue weighted by molar-refractivity contribution is 6.00. The summed E-state index contributed by atoms with van der Waals surface area (Å²) in [5.74, 6) is 0.380. The van der Waals surface area contributed by atoms with Crippen LogP contribution in [0.15, 0.2) is 48.5 Å². The maximum absolute atomic E-state index is 13.1. The van der Waals surface area contributed by atoms with Crippen LogP contribution in [0.2, 0.25) is 0 Å². The lowest BCUT2D eigenvalue weighted by atomic mass is 10.1. The number of halogens is 1. The highest BCUT2D eigenvalue weighted by atomic mass is 19.1. The molecule has 0 bridgehead atoms. The van der Waals surface area contributed by atoms with Gasteiger partial charge < -0.3 is 19.4 Å². The molecule has 6 nitrogen and oxygen atoms in total. The van der Waals surface area contributed by atoms with Crippen molar-refractivity contribution in [3.63, 3.8) is 0 Å². The van der Waals surface area contributed by atoms with Gasteiger partial charge in [0, 0.05) is 44.8 Å². The maximum atomic E-state index is 13.1. The molecule has 0 N–H and O–H groups in total. The van der Waals surface area contributed by atoms with Crippen LogP contribution in [0.4, 0.5) is 15.8 Å². The molecule has 0 spiro atoms. The second-order valence-electron chi connectivity index (χ2n) is 7.57. The zero-order chi connectivity index (χ0) is 21.1. The molecule has 0 aromatic heterocycles. The lowest BCUT2D eigenvalue weighted by Crippen LogP contribution is -2.50. The molecular weight excluding hydrogens is 385 g/mol. The Kier molecular flexibility index (Phi) is 5.88. The summed E-state index contributed by atoms with van der Waals surface area (Å²) in [6, 6.07) is 13.9. The highest BCUT2D eigenvalue weighted by Gasteiger charge is 2.33. The van der Waals surface area contributed by atoms with Gasteiger partial charge in [-0.25, -0.2) is 4.39 Å². The van der Waals surface area contributed by atoms with Gasteiger partial charge >= 0.3 is 0 Å². The van der Waals surface area contributed by atoms with E-state index in [1.165, 1.54) is 12.1 Å². The molecule has 2 aliphatic rings. The fourth-order valence-electron chi connectivity index (χ4n) is 4.00. The first-order valence-corrected chi connectivity index (χ1v) is 10.4. The molecule has 2 aromatic carbocycles. The standard InChI is InChI=1S/C23H26FN3O3/c1-2-20-23(29)27(19-5-3-4-6-21(19)30-20)12-11-22(28)26-15-13-25(14-16-26)18-9-7-17(24)8-10-18/h3-10,20H,2,11-16H2,1H3. The van der Waals surface area contributed by atoms with Crippen LogP contribution < -0.4 is 14.5 Å². The molecule has 1 fully saturated rings. The minimum absolute atomic E-state index is 0.0403. The van der Waals surface area contributed by atoms with Gasteiger partial charge in [0.15, 0.2) is 6.10 Å². The van der Waals surface area contributed by atoms with E-state index >= 15 is 0 Å². The molecular formula is C23H26FN3O3. The van der Waals surface area contributed by atoms with E-state index < -0.39 is 6.10 Å². The van der Waals surface area contributed by atoms with E-state index in [0.29, 0.717) is 44.9 Å². The van der Waals surface area contributed by atoms with Gasteiger partial charge in [-0.2, -0.15) is 0 Å². The summed E-state index contributed by atoms with van der Waals surface area (Å²) >= 11 is 0. The van der Waals surface area contributed by atoms with Crippen LogP contribution in [0.25, 0.3) is 0 Å². The smallest absolute Gasteiger partial charge is 0.268 e. The third-order valence-electron chi connectivity index (χ3n) is 5.71. The predicted molar refractivity (Wildman–Crippen MR) is 113 cm³/mol. The Hall–Kier alpha value is -3.09. The summed E-state index contributed by atoms with van der Waals surface area (Å²) in [6.07, 6.45) is 0.352. The van der Waals surface area contributed by atoms with Crippen molar-refractivity contribution in [1.29, 1.82) is 0 Å². The first-order valence-electron chi connectivity index (χ1n) is 10.4. The average molecular weight is 411 g/mol. The van der Waals surface area contributed by atoms with Crippen molar-refractivity contribution in [2.24, 2.45) is 0 Å². The van der Waals surface area contributed by atoms with Crippen molar-refractivity contribution in [3.8, 4) is 5.75 Å². The number of carbonyl (C=O) groups is 2. The minimum Gasteiger partial charge on any atom is -0.478 e. The molecule has 0 radical (unpaired) electrons. The number of amides is 2. The van der Waals surface area contributed by atoms with E-state index in [2.05, 4.69) is 4.90 Å². The number of carbonyl (C=O) groups excluding carboxylic acids is 2. The van der Waals surface area contributed by atoms with Gasteiger partial charge in [0.1, 0.15) is 11.6 Å². The Labute approximate surface area is 175 Å². The Bertz CT molecular complexity index is 910. The zero-order valence-corrected chi connectivity index (χ0v) is 17.1. The lowest BCUT2D eigenvalue weighted by molar-refractivity contribution is -0.131. The number of piperazine rings is 1. The van der Waals surface area contributed by atoms with Gasteiger partial charge in [-0.05, 0) is 42.8 Å². The van der Waals surface area contributed by atoms with Crippen molar-refractivity contribution >= 4 is 23.2 Å². The molecule has 2 heterocycles. The lowest BCUT2D eigenvalue weighted by Gasteiger charge is -2.37. The average Bonchev–Trinajstić information content (AvgIpc) is 2.78. The number of benzene rings is 2. The van der Waals surface area contributed by atoms with Crippen molar-refractivity contribution < 1.29 is 18.7 Å². The monoisotopic (exact) mass is 411 g/mol. The molecule has 0 saturated carbocycles. The molecule has 1 atom stereocenters. The molecule has 1 unspecified atom stereocenters. The quantitative estimate of drug-likeness (QED) is 0.759. The molecule has 1 saturated heterocycles. The number of hydrogen-bond donors (Lipinski definition) is 0. The summed E-state index contributed by atoms with van der Waals surface area (Å²) < 4.78 is 18.9. The summed E-state index contributed by atoms with van der Waals surface area (Å²) in [5, 5.41) is 0. The summed E-state index contributed by atoms with van der Waals surface area (Å²) in [4.78, 5) is 31.2. The number of rotatable bonds is 5. The van der Waals surface area contributed by atoms with Gasteiger partial charge in [0.25, 0.3) is 5.91 Å². The van der Waals surface area contributed by atoms with E-state index in [9.17, 15) is 14.0 Å². The van der Waals surface area contributed by atoms with Crippen LogP contribution in [0.3, 0.4) is 0 Å². The third kappa shape index (κ3) is 4.10. The van der Waals surface area contributed by atoms with E-state index in [0.717, 1.165) is 11.4 Å². The van der Waals surface area contributed by atoms with Crippen LogP contribution in [0.1, 0.15) is 19.8 Å².